The predicted octanol–water partition coefficient (Wildman–Crippen LogP) is 0.877. The second-order valence-corrected chi connectivity index (χ2v) is 3.15. The Bertz CT molecular complexity index is 339. The molecule has 0 bridgehead atoms. The zero-order chi connectivity index (χ0) is 11.3. The number of nitrogens with zero attached hydrogens (tertiary/aromatic N) is 1. The lowest BCUT2D eigenvalue weighted by atomic mass is 10.2. The molecular formula is C11H16N2O2. The maximum Gasteiger partial charge on any atom is 0.240 e. The summed E-state index contributed by atoms with van der Waals surface area (Å²) in [4.78, 5) is 13.2. The maximum absolute atomic E-state index is 11.6. The van der Waals surface area contributed by atoms with Gasteiger partial charge in [0.05, 0.1) is 19.3 Å². The normalized spacial score (nSPS) is 9.80. The van der Waals surface area contributed by atoms with Crippen LogP contribution in [-0.2, 0) is 4.79 Å². The smallest absolute Gasteiger partial charge is 0.240 e. The van der Waals surface area contributed by atoms with E-state index in [1.54, 1.807) is 26.1 Å². The molecule has 0 aliphatic heterocycles. The summed E-state index contributed by atoms with van der Waals surface area (Å²) >= 11 is 0. The monoisotopic (exact) mass is 208 g/mol. The minimum Gasteiger partial charge on any atom is -0.495 e. The topological polar surface area (TPSA) is 41.6 Å². The number of hydrogen-bond donors (Lipinski definition) is 1. The molecule has 0 aliphatic carbocycles. The van der Waals surface area contributed by atoms with Crippen LogP contribution in [0.25, 0.3) is 0 Å². The van der Waals surface area contributed by atoms with E-state index < -0.39 is 0 Å². The summed E-state index contributed by atoms with van der Waals surface area (Å²) < 4.78 is 5.18. The molecule has 1 aromatic rings. The number of rotatable bonds is 4. The number of para-hydroxylation sites is 2. The van der Waals surface area contributed by atoms with Gasteiger partial charge in [0.2, 0.25) is 5.91 Å². The Balaban J connectivity index is 2.89. The van der Waals surface area contributed by atoms with E-state index in [9.17, 15) is 4.79 Å². The minimum absolute atomic E-state index is 0.00185. The molecule has 4 nitrogen and oxygen atoms in total. The first-order valence-electron chi connectivity index (χ1n) is 4.75. The molecule has 1 rings (SSSR count). The van der Waals surface area contributed by atoms with Crippen LogP contribution < -0.4 is 15.0 Å². The van der Waals surface area contributed by atoms with E-state index in [0.717, 1.165) is 5.69 Å². The molecule has 0 aromatic heterocycles. The van der Waals surface area contributed by atoms with Gasteiger partial charge in [-0.05, 0) is 19.2 Å². The van der Waals surface area contributed by atoms with Crippen molar-refractivity contribution in [2.24, 2.45) is 0 Å². The lowest BCUT2D eigenvalue weighted by Crippen LogP contribution is -2.34. The molecule has 0 fully saturated rings. The van der Waals surface area contributed by atoms with E-state index >= 15 is 0 Å². The summed E-state index contributed by atoms with van der Waals surface area (Å²) in [5.41, 5.74) is 0.778. The summed E-state index contributed by atoms with van der Waals surface area (Å²) in [6.07, 6.45) is 0. The molecule has 1 amide bonds. The van der Waals surface area contributed by atoms with Crippen LogP contribution in [0, 0.1) is 0 Å². The first kappa shape index (κ1) is 11.5. The van der Waals surface area contributed by atoms with Crippen molar-refractivity contribution in [1.82, 2.24) is 5.32 Å². The highest BCUT2D eigenvalue weighted by Gasteiger charge is 2.13. The third-order valence-electron chi connectivity index (χ3n) is 2.15. The quantitative estimate of drug-likeness (QED) is 0.798. The van der Waals surface area contributed by atoms with Crippen molar-refractivity contribution in [2.75, 3.05) is 32.6 Å². The number of ether oxygens (including phenoxy) is 1. The van der Waals surface area contributed by atoms with Gasteiger partial charge in [-0.3, -0.25) is 4.79 Å². The van der Waals surface area contributed by atoms with Crippen molar-refractivity contribution in [3.05, 3.63) is 24.3 Å². The molecular weight excluding hydrogens is 192 g/mol. The minimum atomic E-state index is 0.00185. The Morgan fingerprint density at radius 1 is 1.47 bits per heavy atom. The first-order chi connectivity index (χ1) is 7.20. The molecule has 0 saturated heterocycles. The summed E-state index contributed by atoms with van der Waals surface area (Å²) in [6, 6.07) is 7.44. The second-order valence-electron chi connectivity index (χ2n) is 3.15. The van der Waals surface area contributed by atoms with Crippen LogP contribution in [0.3, 0.4) is 0 Å². The van der Waals surface area contributed by atoms with Crippen LogP contribution in [0.1, 0.15) is 0 Å². The standard InChI is InChI=1S/C11H16N2O2/c1-12-8-11(14)13(2)9-6-4-5-7-10(9)15-3/h4-7,12H,8H2,1-3H3. The van der Waals surface area contributed by atoms with Crippen molar-refractivity contribution in [2.45, 2.75) is 0 Å². The number of likely N-dealkylation sites (N-methyl/N-ethyl adjacent to an activating group) is 2. The predicted molar refractivity (Wildman–Crippen MR) is 60.3 cm³/mol. The van der Waals surface area contributed by atoms with Gasteiger partial charge in [0.25, 0.3) is 0 Å². The van der Waals surface area contributed by atoms with Crippen LogP contribution in [0.2, 0.25) is 0 Å². The summed E-state index contributed by atoms with van der Waals surface area (Å²) in [5.74, 6) is 0.700. The molecule has 0 aliphatic rings. The zero-order valence-electron chi connectivity index (χ0n) is 9.28. The van der Waals surface area contributed by atoms with Crippen LogP contribution in [0.5, 0.6) is 5.75 Å². The van der Waals surface area contributed by atoms with Crippen molar-refractivity contribution < 1.29 is 9.53 Å². The van der Waals surface area contributed by atoms with Crippen LogP contribution in [-0.4, -0.2) is 33.7 Å². The number of carbonyl (C=O) groups is 1. The van der Waals surface area contributed by atoms with Crippen molar-refractivity contribution in [1.29, 1.82) is 0 Å². The summed E-state index contributed by atoms with van der Waals surface area (Å²) in [6.45, 7) is 0.314. The molecule has 15 heavy (non-hydrogen) atoms. The lowest BCUT2D eigenvalue weighted by molar-refractivity contribution is -0.117. The van der Waals surface area contributed by atoms with Gasteiger partial charge >= 0.3 is 0 Å². The van der Waals surface area contributed by atoms with E-state index in [1.807, 2.05) is 24.3 Å². The van der Waals surface area contributed by atoms with Gasteiger partial charge in [-0.1, -0.05) is 12.1 Å². The second kappa shape index (κ2) is 5.36. The molecule has 0 saturated carbocycles. The molecule has 0 atom stereocenters. The number of anilines is 1. The summed E-state index contributed by atoms with van der Waals surface area (Å²) in [5, 5.41) is 2.82. The van der Waals surface area contributed by atoms with Gasteiger partial charge in [0.1, 0.15) is 5.75 Å². The van der Waals surface area contributed by atoms with Gasteiger partial charge in [-0.25, -0.2) is 0 Å². The molecule has 0 unspecified atom stereocenters. The third-order valence-corrected chi connectivity index (χ3v) is 2.15. The third kappa shape index (κ3) is 2.70. The Morgan fingerprint density at radius 2 is 2.13 bits per heavy atom. The molecule has 1 aromatic carbocycles. The number of amides is 1. The zero-order valence-corrected chi connectivity index (χ0v) is 9.28. The Labute approximate surface area is 89.8 Å². The first-order valence-corrected chi connectivity index (χ1v) is 4.75. The molecule has 0 heterocycles. The van der Waals surface area contributed by atoms with E-state index in [0.29, 0.717) is 12.3 Å². The molecule has 0 spiro atoms. The largest absolute Gasteiger partial charge is 0.495 e. The lowest BCUT2D eigenvalue weighted by Gasteiger charge is -2.19. The SMILES string of the molecule is CNCC(=O)N(C)c1ccccc1OC. The van der Waals surface area contributed by atoms with Crippen LogP contribution in [0.15, 0.2) is 24.3 Å². The van der Waals surface area contributed by atoms with E-state index in [1.165, 1.54) is 0 Å². The van der Waals surface area contributed by atoms with E-state index in [-0.39, 0.29) is 5.91 Å². The highest BCUT2D eigenvalue weighted by molar-refractivity contribution is 5.95. The van der Waals surface area contributed by atoms with Crippen LogP contribution >= 0.6 is 0 Å². The fourth-order valence-corrected chi connectivity index (χ4v) is 1.31. The van der Waals surface area contributed by atoms with Gasteiger partial charge in [-0.2, -0.15) is 0 Å². The van der Waals surface area contributed by atoms with Crippen molar-refractivity contribution >= 4 is 11.6 Å². The van der Waals surface area contributed by atoms with Gasteiger partial charge in [0, 0.05) is 7.05 Å². The Hall–Kier alpha value is -1.55. The Morgan fingerprint density at radius 3 is 2.73 bits per heavy atom. The average Bonchev–Trinajstić information content (AvgIpc) is 2.28. The fraction of sp³-hybridized carbons (Fsp3) is 0.364. The Kier molecular flexibility index (Phi) is 4.12. The number of benzene rings is 1. The number of carbonyl (C=O) groups excluding carboxylic acids is 1. The molecule has 4 heteroatoms. The summed E-state index contributed by atoms with van der Waals surface area (Å²) in [7, 11) is 5.07. The van der Waals surface area contributed by atoms with Gasteiger partial charge in [-0.15, -0.1) is 0 Å². The molecule has 82 valence electrons. The van der Waals surface area contributed by atoms with Gasteiger partial charge in [0.15, 0.2) is 0 Å². The number of methoxy groups -OCH3 is 1. The van der Waals surface area contributed by atoms with E-state index in [4.69, 9.17) is 4.74 Å². The maximum atomic E-state index is 11.6. The van der Waals surface area contributed by atoms with Gasteiger partial charge < -0.3 is 15.0 Å². The highest BCUT2D eigenvalue weighted by Crippen LogP contribution is 2.26. The highest BCUT2D eigenvalue weighted by atomic mass is 16.5. The van der Waals surface area contributed by atoms with E-state index in [2.05, 4.69) is 5.32 Å². The fourth-order valence-electron chi connectivity index (χ4n) is 1.31. The molecule has 1 N–H and O–H groups in total. The number of hydrogen-bond acceptors (Lipinski definition) is 3. The average molecular weight is 208 g/mol. The van der Waals surface area contributed by atoms with Crippen LogP contribution in [0.4, 0.5) is 5.69 Å². The molecule has 0 radical (unpaired) electrons. The van der Waals surface area contributed by atoms with Crippen molar-refractivity contribution in [3.63, 3.8) is 0 Å². The van der Waals surface area contributed by atoms with Crippen molar-refractivity contribution in [3.8, 4) is 5.75 Å². The number of nitrogens with one attached hydrogen (secondary N) is 1.